The van der Waals surface area contributed by atoms with Crippen molar-refractivity contribution in [1.29, 1.82) is 0 Å². The number of amides is 4. The van der Waals surface area contributed by atoms with Crippen molar-refractivity contribution < 1.29 is 19.1 Å². The summed E-state index contributed by atoms with van der Waals surface area (Å²) >= 11 is 0. The van der Waals surface area contributed by atoms with Gasteiger partial charge >= 0.3 is 6.03 Å². The second-order valence-electron chi connectivity index (χ2n) is 8.35. The van der Waals surface area contributed by atoms with Gasteiger partial charge in [-0.15, -0.1) is 0 Å². The molecule has 4 amide bonds. The molecule has 2 aliphatic rings. The van der Waals surface area contributed by atoms with E-state index in [-0.39, 0.29) is 5.57 Å². The average Bonchev–Trinajstić information content (AvgIpc) is 3.06. The van der Waals surface area contributed by atoms with Crippen LogP contribution in [-0.2, 0) is 9.59 Å². The number of carbonyl (C=O) groups excluding carboxylic acids is 3. The summed E-state index contributed by atoms with van der Waals surface area (Å²) in [5, 5.41) is 2.30. The fourth-order valence-corrected chi connectivity index (χ4v) is 4.80. The standard InChI is InChI=1S/C25H29N3O4/c1-4-32-22-13-9-8-12-21(22)28-24(30)20(23(29)26-25(28)31)15-18-14-16(2)27(17(18)3)19-10-6-5-7-11-19/h8-9,12-15,19H,4-7,10-11H2,1-3H3,(H,26,29,31)/b20-15+. The van der Waals surface area contributed by atoms with E-state index in [4.69, 9.17) is 4.74 Å². The Labute approximate surface area is 188 Å². The van der Waals surface area contributed by atoms with Crippen molar-refractivity contribution in [2.24, 2.45) is 0 Å². The first-order chi connectivity index (χ1) is 15.4. The lowest BCUT2D eigenvalue weighted by molar-refractivity contribution is -0.122. The third-order valence-electron chi connectivity index (χ3n) is 6.27. The molecule has 2 aromatic rings. The average molecular weight is 436 g/mol. The first-order valence-corrected chi connectivity index (χ1v) is 11.2. The van der Waals surface area contributed by atoms with Gasteiger partial charge in [-0.3, -0.25) is 14.9 Å². The highest BCUT2D eigenvalue weighted by Crippen LogP contribution is 2.34. The van der Waals surface area contributed by atoms with Crippen molar-refractivity contribution >= 4 is 29.6 Å². The molecular formula is C25H29N3O4. The van der Waals surface area contributed by atoms with Gasteiger partial charge in [0.05, 0.1) is 12.3 Å². The van der Waals surface area contributed by atoms with Gasteiger partial charge < -0.3 is 9.30 Å². The maximum Gasteiger partial charge on any atom is 0.336 e. The first kappa shape index (κ1) is 21.9. The topological polar surface area (TPSA) is 80.6 Å². The Bertz CT molecular complexity index is 1090. The van der Waals surface area contributed by atoms with Gasteiger partial charge in [0.25, 0.3) is 11.8 Å². The summed E-state index contributed by atoms with van der Waals surface area (Å²) in [6.07, 6.45) is 7.59. The zero-order valence-corrected chi connectivity index (χ0v) is 18.8. The predicted octanol–water partition coefficient (Wildman–Crippen LogP) is 4.68. The smallest absolute Gasteiger partial charge is 0.336 e. The van der Waals surface area contributed by atoms with Crippen molar-refractivity contribution in [3.8, 4) is 5.75 Å². The molecule has 0 unspecified atom stereocenters. The monoisotopic (exact) mass is 435 g/mol. The molecule has 1 aliphatic heterocycles. The molecule has 2 heterocycles. The number of barbiturate groups is 1. The Morgan fingerprint density at radius 1 is 1.09 bits per heavy atom. The molecule has 168 valence electrons. The molecule has 32 heavy (non-hydrogen) atoms. The Morgan fingerprint density at radius 3 is 2.53 bits per heavy atom. The molecule has 7 heteroatoms. The van der Waals surface area contributed by atoms with Crippen LogP contribution in [0, 0.1) is 13.8 Å². The number of rotatable bonds is 5. The number of aryl methyl sites for hydroxylation is 1. The number of nitrogens with one attached hydrogen (secondary N) is 1. The maximum atomic E-state index is 13.3. The number of urea groups is 1. The minimum Gasteiger partial charge on any atom is -0.492 e. The van der Waals surface area contributed by atoms with Crippen molar-refractivity contribution in [2.75, 3.05) is 11.5 Å². The number of hydrogen-bond donors (Lipinski definition) is 1. The summed E-state index contributed by atoms with van der Waals surface area (Å²) < 4.78 is 7.91. The van der Waals surface area contributed by atoms with E-state index in [1.54, 1.807) is 30.3 Å². The molecule has 1 saturated carbocycles. The molecule has 1 aliphatic carbocycles. The van der Waals surface area contributed by atoms with Gasteiger partial charge in [-0.25, -0.2) is 9.69 Å². The van der Waals surface area contributed by atoms with Crippen LogP contribution in [0.5, 0.6) is 5.75 Å². The van der Waals surface area contributed by atoms with Crippen molar-refractivity contribution in [1.82, 2.24) is 9.88 Å². The molecule has 0 radical (unpaired) electrons. The highest BCUT2D eigenvalue weighted by molar-refractivity contribution is 6.39. The third kappa shape index (κ3) is 3.95. The summed E-state index contributed by atoms with van der Waals surface area (Å²) in [5.41, 5.74) is 3.20. The molecule has 1 aromatic heterocycles. The zero-order chi connectivity index (χ0) is 22.8. The molecule has 1 aromatic carbocycles. The summed E-state index contributed by atoms with van der Waals surface area (Å²) in [4.78, 5) is 39.5. The summed E-state index contributed by atoms with van der Waals surface area (Å²) in [6, 6.07) is 8.48. The Balaban J connectivity index is 1.72. The van der Waals surface area contributed by atoms with E-state index in [0.29, 0.717) is 24.1 Å². The fraction of sp³-hybridized carbons (Fsp3) is 0.400. The van der Waals surface area contributed by atoms with Gasteiger partial charge in [0.2, 0.25) is 0 Å². The van der Waals surface area contributed by atoms with Crippen LogP contribution in [0.15, 0.2) is 35.9 Å². The second kappa shape index (κ2) is 9.02. The highest BCUT2D eigenvalue weighted by atomic mass is 16.5. The van der Waals surface area contributed by atoms with Gasteiger partial charge in [0, 0.05) is 17.4 Å². The van der Waals surface area contributed by atoms with Crippen LogP contribution in [0.3, 0.4) is 0 Å². The molecule has 2 fully saturated rings. The Morgan fingerprint density at radius 2 is 1.81 bits per heavy atom. The Hall–Kier alpha value is -3.35. The zero-order valence-electron chi connectivity index (χ0n) is 18.8. The minimum atomic E-state index is -0.781. The Kier molecular flexibility index (Phi) is 6.17. The van der Waals surface area contributed by atoms with Gasteiger partial charge in [-0.1, -0.05) is 31.4 Å². The van der Waals surface area contributed by atoms with E-state index in [0.717, 1.165) is 34.7 Å². The van der Waals surface area contributed by atoms with Crippen LogP contribution < -0.4 is 15.0 Å². The highest BCUT2D eigenvalue weighted by Gasteiger charge is 2.38. The van der Waals surface area contributed by atoms with Crippen LogP contribution in [0.2, 0.25) is 0 Å². The lowest BCUT2D eigenvalue weighted by atomic mass is 9.95. The van der Waals surface area contributed by atoms with Crippen LogP contribution in [0.4, 0.5) is 10.5 Å². The first-order valence-electron chi connectivity index (χ1n) is 11.2. The van der Waals surface area contributed by atoms with E-state index < -0.39 is 17.8 Å². The molecular weight excluding hydrogens is 406 g/mol. The number of para-hydroxylation sites is 2. The quantitative estimate of drug-likeness (QED) is 0.546. The van der Waals surface area contributed by atoms with Crippen LogP contribution in [-0.4, -0.2) is 29.0 Å². The lowest BCUT2D eigenvalue weighted by Gasteiger charge is -2.28. The number of benzene rings is 1. The number of aromatic nitrogens is 1. The molecule has 4 rings (SSSR count). The van der Waals surface area contributed by atoms with Gasteiger partial charge in [-0.2, -0.15) is 0 Å². The van der Waals surface area contributed by atoms with Gasteiger partial charge in [0.1, 0.15) is 11.3 Å². The van der Waals surface area contributed by atoms with E-state index >= 15 is 0 Å². The summed E-state index contributed by atoms with van der Waals surface area (Å²) in [6.45, 7) is 6.29. The predicted molar refractivity (Wildman–Crippen MR) is 123 cm³/mol. The van der Waals surface area contributed by atoms with Gasteiger partial charge in [0.15, 0.2) is 0 Å². The second-order valence-corrected chi connectivity index (χ2v) is 8.35. The maximum absolute atomic E-state index is 13.3. The van der Waals surface area contributed by atoms with Crippen LogP contribution in [0.1, 0.15) is 62.0 Å². The number of ether oxygens (including phenoxy) is 1. The SMILES string of the molecule is CCOc1ccccc1N1C(=O)NC(=O)/C(=C\c2cc(C)n(C3CCCCC3)c2C)C1=O. The van der Waals surface area contributed by atoms with Crippen LogP contribution >= 0.6 is 0 Å². The lowest BCUT2D eigenvalue weighted by Crippen LogP contribution is -2.54. The van der Waals surface area contributed by atoms with Crippen molar-refractivity contribution in [3.05, 3.63) is 52.9 Å². The molecule has 1 N–H and O–H groups in total. The van der Waals surface area contributed by atoms with E-state index in [1.165, 1.54) is 19.3 Å². The van der Waals surface area contributed by atoms with Crippen molar-refractivity contribution in [2.45, 2.75) is 58.9 Å². The number of imide groups is 2. The van der Waals surface area contributed by atoms with Gasteiger partial charge in [-0.05, 0) is 63.5 Å². The number of nitrogens with zero attached hydrogens (tertiary/aromatic N) is 2. The van der Waals surface area contributed by atoms with E-state index in [2.05, 4.69) is 16.8 Å². The number of anilines is 1. The molecule has 0 bridgehead atoms. The third-order valence-corrected chi connectivity index (χ3v) is 6.27. The molecule has 1 saturated heterocycles. The number of carbonyl (C=O) groups is 3. The molecule has 7 nitrogen and oxygen atoms in total. The van der Waals surface area contributed by atoms with E-state index in [1.807, 2.05) is 19.9 Å². The number of hydrogen-bond acceptors (Lipinski definition) is 4. The normalized spacial score (nSPS) is 18.9. The minimum absolute atomic E-state index is 0.0696. The summed E-state index contributed by atoms with van der Waals surface area (Å²) in [5.74, 6) is -0.941. The largest absolute Gasteiger partial charge is 0.492 e. The van der Waals surface area contributed by atoms with Crippen molar-refractivity contribution in [3.63, 3.8) is 0 Å². The molecule has 0 atom stereocenters. The van der Waals surface area contributed by atoms with Crippen LogP contribution in [0.25, 0.3) is 6.08 Å². The van der Waals surface area contributed by atoms with E-state index in [9.17, 15) is 14.4 Å². The fourth-order valence-electron chi connectivity index (χ4n) is 4.80. The molecule has 0 spiro atoms. The summed E-state index contributed by atoms with van der Waals surface area (Å²) in [7, 11) is 0.